The van der Waals surface area contributed by atoms with E-state index in [0.717, 1.165) is 11.8 Å². The van der Waals surface area contributed by atoms with E-state index in [1.165, 1.54) is 18.4 Å². The second kappa shape index (κ2) is 4.88. The van der Waals surface area contributed by atoms with Crippen LogP contribution < -0.4 is 5.32 Å². The zero-order valence-electron chi connectivity index (χ0n) is 10.4. The molecule has 0 aliphatic heterocycles. The largest absolute Gasteiger partial charge is 0.307 e. The fourth-order valence-corrected chi connectivity index (χ4v) is 3.41. The van der Waals surface area contributed by atoms with Gasteiger partial charge in [0.2, 0.25) is 0 Å². The van der Waals surface area contributed by atoms with Crippen LogP contribution in [0.15, 0.2) is 30.4 Å². The highest BCUT2D eigenvalue weighted by Gasteiger charge is 2.41. The van der Waals surface area contributed by atoms with Gasteiger partial charge in [0.1, 0.15) is 0 Å². The van der Waals surface area contributed by atoms with Crippen LogP contribution in [-0.2, 0) is 0 Å². The molecule has 4 unspecified atom stereocenters. The lowest BCUT2D eigenvalue weighted by molar-refractivity contribution is 0.152. The zero-order chi connectivity index (χ0) is 12.7. The van der Waals surface area contributed by atoms with E-state index in [9.17, 15) is 0 Å². The number of nitrogens with one attached hydrogen (secondary N) is 1. The Bertz CT molecular complexity index is 483. The smallest absolute Gasteiger partial charge is 0.0595 e. The predicted molar refractivity (Wildman–Crippen MR) is 77.2 cm³/mol. The minimum Gasteiger partial charge on any atom is -0.307 e. The number of benzene rings is 1. The van der Waals surface area contributed by atoms with Crippen LogP contribution in [0.25, 0.3) is 0 Å². The fraction of sp³-hybridized carbons (Fsp3) is 0.467. The third-order valence-corrected chi connectivity index (χ3v) is 5.01. The molecule has 2 aliphatic rings. The molecule has 1 saturated carbocycles. The van der Waals surface area contributed by atoms with Crippen LogP contribution in [0.5, 0.6) is 0 Å². The van der Waals surface area contributed by atoms with Crippen LogP contribution >= 0.6 is 23.2 Å². The molecule has 1 nitrogen and oxygen atoms in total. The van der Waals surface area contributed by atoms with Crippen molar-refractivity contribution in [2.24, 2.45) is 11.8 Å². The maximum absolute atomic E-state index is 6.06. The van der Waals surface area contributed by atoms with Crippen molar-refractivity contribution in [3.63, 3.8) is 0 Å². The van der Waals surface area contributed by atoms with E-state index in [1.807, 2.05) is 18.2 Å². The summed E-state index contributed by atoms with van der Waals surface area (Å²) in [4.78, 5) is 0. The van der Waals surface area contributed by atoms with Gasteiger partial charge in [0, 0.05) is 12.1 Å². The summed E-state index contributed by atoms with van der Waals surface area (Å²) in [6.07, 6.45) is 7.25. The summed E-state index contributed by atoms with van der Waals surface area (Å²) in [7, 11) is 0. The van der Waals surface area contributed by atoms with Crippen LogP contribution in [0.4, 0.5) is 0 Å². The van der Waals surface area contributed by atoms with E-state index in [0.29, 0.717) is 22.1 Å². The first-order chi connectivity index (χ1) is 8.65. The van der Waals surface area contributed by atoms with Gasteiger partial charge >= 0.3 is 0 Å². The first-order valence-electron chi connectivity index (χ1n) is 6.53. The highest BCUT2D eigenvalue weighted by molar-refractivity contribution is 6.42. The van der Waals surface area contributed by atoms with Crippen molar-refractivity contribution in [2.45, 2.75) is 31.8 Å². The third kappa shape index (κ3) is 2.20. The van der Waals surface area contributed by atoms with Gasteiger partial charge in [-0.05, 0) is 49.3 Å². The molecule has 0 radical (unpaired) electrons. The summed E-state index contributed by atoms with van der Waals surface area (Å²) in [5.74, 6) is 1.64. The van der Waals surface area contributed by atoms with Gasteiger partial charge in [0.15, 0.2) is 0 Å². The molecule has 96 valence electrons. The van der Waals surface area contributed by atoms with Gasteiger partial charge in [-0.2, -0.15) is 0 Å². The topological polar surface area (TPSA) is 12.0 Å². The van der Waals surface area contributed by atoms with Crippen LogP contribution in [0, 0.1) is 11.8 Å². The van der Waals surface area contributed by atoms with Crippen LogP contribution in [-0.4, -0.2) is 6.04 Å². The van der Waals surface area contributed by atoms with Gasteiger partial charge in [-0.1, -0.05) is 41.4 Å². The van der Waals surface area contributed by atoms with Crippen LogP contribution in [0.1, 0.15) is 31.4 Å². The maximum Gasteiger partial charge on any atom is 0.0595 e. The second-order valence-electron chi connectivity index (χ2n) is 5.41. The maximum atomic E-state index is 6.06. The van der Waals surface area contributed by atoms with Gasteiger partial charge < -0.3 is 5.32 Å². The minimum absolute atomic E-state index is 0.319. The minimum atomic E-state index is 0.319. The number of halogens is 2. The lowest BCUT2D eigenvalue weighted by atomic mass is 9.71. The quantitative estimate of drug-likeness (QED) is 0.798. The Hall–Kier alpha value is -0.500. The molecule has 1 N–H and O–H groups in total. The van der Waals surface area contributed by atoms with Gasteiger partial charge in [-0.15, -0.1) is 0 Å². The summed E-state index contributed by atoms with van der Waals surface area (Å²) >= 11 is 12.0. The van der Waals surface area contributed by atoms with Crippen LogP contribution in [0.2, 0.25) is 10.0 Å². The summed E-state index contributed by atoms with van der Waals surface area (Å²) in [5, 5.41) is 4.95. The van der Waals surface area contributed by atoms with Crippen molar-refractivity contribution in [3.8, 4) is 0 Å². The molecule has 3 heteroatoms. The van der Waals surface area contributed by atoms with Gasteiger partial charge in [-0.3, -0.25) is 0 Å². The molecule has 0 saturated heterocycles. The fourth-order valence-electron chi connectivity index (χ4n) is 3.11. The summed E-state index contributed by atoms with van der Waals surface area (Å²) in [6, 6.07) is 6.82. The van der Waals surface area contributed by atoms with Crippen molar-refractivity contribution in [1.29, 1.82) is 0 Å². The predicted octanol–water partition coefficient (Wildman–Crippen LogP) is 4.61. The van der Waals surface area contributed by atoms with Crippen molar-refractivity contribution < 1.29 is 0 Å². The number of hydrogen-bond acceptors (Lipinski definition) is 1. The Balaban J connectivity index is 1.66. The Morgan fingerprint density at radius 3 is 2.83 bits per heavy atom. The Morgan fingerprint density at radius 1 is 1.28 bits per heavy atom. The third-order valence-electron chi connectivity index (χ3n) is 4.27. The molecule has 18 heavy (non-hydrogen) atoms. The van der Waals surface area contributed by atoms with Crippen molar-refractivity contribution in [3.05, 3.63) is 46.0 Å². The lowest BCUT2D eigenvalue weighted by Gasteiger charge is -2.42. The molecule has 4 atom stereocenters. The number of hydrogen-bond donors (Lipinski definition) is 1. The first kappa shape index (κ1) is 12.5. The Kier molecular flexibility index (Phi) is 3.40. The monoisotopic (exact) mass is 281 g/mol. The average Bonchev–Trinajstić information content (AvgIpc) is 2.71. The first-order valence-corrected chi connectivity index (χ1v) is 7.28. The lowest BCUT2D eigenvalue weighted by Crippen LogP contribution is -2.48. The normalized spacial score (nSPS) is 30.9. The molecule has 0 heterocycles. The van der Waals surface area contributed by atoms with E-state index in [1.54, 1.807) is 0 Å². The molecule has 0 amide bonds. The van der Waals surface area contributed by atoms with E-state index >= 15 is 0 Å². The Labute approximate surface area is 118 Å². The SMILES string of the molecule is CC(NC1CC2CC=CC21)c1ccc(Cl)c(Cl)c1. The van der Waals surface area contributed by atoms with Gasteiger partial charge in [0.25, 0.3) is 0 Å². The molecular weight excluding hydrogens is 265 g/mol. The van der Waals surface area contributed by atoms with E-state index in [-0.39, 0.29) is 0 Å². The van der Waals surface area contributed by atoms with E-state index < -0.39 is 0 Å². The molecule has 1 fully saturated rings. The highest BCUT2D eigenvalue weighted by atomic mass is 35.5. The van der Waals surface area contributed by atoms with Crippen molar-refractivity contribution in [1.82, 2.24) is 5.32 Å². The molecule has 0 bridgehead atoms. The molecule has 1 aromatic carbocycles. The van der Waals surface area contributed by atoms with Crippen molar-refractivity contribution >= 4 is 23.2 Å². The number of fused-ring (bicyclic) bond motifs is 1. The van der Waals surface area contributed by atoms with Crippen LogP contribution in [0.3, 0.4) is 0 Å². The number of allylic oxidation sites excluding steroid dienone is 1. The van der Waals surface area contributed by atoms with Crippen molar-refractivity contribution in [2.75, 3.05) is 0 Å². The molecular formula is C15H17Cl2N. The van der Waals surface area contributed by atoms with E-state index in [4.69, 9.17) is 23.2 Å². The zero-order valence-corrected chi connectivity index (χ0v) is 11.9. The summed E-state index contributed by atoms with van der Waals surface area (Å²) in [6.45, 7) is 2.19. The average molecular weight is 282 g/mol. The molecule has 0 aromatic heterocycles. The standard InChI is InChI=1S/C15H17Cl2N/c1-9(10-5-6-13(16)14(17)7-10)18-15-8-11-3-2-4-12(11)15/h2,4-7,9,11-12,15,18H,3,8H2,1H3. The van der Waals surface area contributed by atoms with Gasteiger partial charge in [-0.25, -0.2) is 0 Å². The molecule has 1 aromatic rings. The summed E-state index contributed by atoms with van der Waals surface area (Å²) < 4.78 is 0. The van der Waals surface area contributed by atoms with Gasteiger partial charge in [0.05, 0.1) is 10.0 Å². The molecule has 2 aliphatic carbocycles. The Morgan fingerprint density at radius 2 is 2.11 bits per heavy atom. The second-order valence-corrected chi connectivity index (χ2v) is 6.22. The van der Waals surface area contributed by atoms with E-state index in [2.05, 4.69) is 24.4 Å². The number of rotatable bonds is 3. The molecule has 3 rings (SSSR count). The highest BCUT2D eigenvalue weighted by Crippen LogP contribution is 2.43. The summed E-state index contributed by atoms with van der Waals surface area (Å²) in [5.41, 5.74) is 1.20. The molecule has 0 spiro atoms.